The topological polar surface area (TPSA) is 12.9 Å². The van der Waals surface area contributed by atoms with E-state index in [2.05, 4.69) is 20.9 Å². The van der Waals surface area contributed by atoms with Crippen LogP contribution in [0.1, 0.15) is 15.2 Å². The highest BCUT2D eigenvalue weighted by molar-refractivity contribution is 9.10. The first-order valence-corrected chi connectivity index (χ1v) is 5.40. The summed E-state index contributed by atoms with van der Waals surface area (Å²) < 4.78 is 22.8. The Morgan fingerprint density at radius 2 is 2.13 bits per heavy atom. The Hall–Kier alpha value is -1.15. The third-order valence-electron chi connectivity index (χ3n) is 2.18. The Morgan fingerprint density at radius 1 is 1.27 bits per heavy atom. The fraction of sp³-hybridized carbons (Fsp3) is 0.154. The summed E-state index contributed by atoms with van der Waals surface area (Å²) in [6.07, 6.45) is 1.79. The highest BCUT2D eigenvalue weighted by atomic mass is 79.9. The van der Waals surface area contributed by atoms with E-state index in [1.807, 2.05) is 19.1 Å². The molecule has 15 heavy (non-hydrogen) atoms. The maximum atomic E-state index is 7.40. The molecule has 0 aliphatic rings. The van der Waals surface area contributed by atoms with Crippen molar-refractivity contribution in [3.63, 3.8) is 0 Å². The van der Waals surface area contributed by atoms with Crippen molar-refractivity contribution >= 4 is 15.9 Å². The first kappa shape index (κ1) is 7.18. The summed E-state index contributed by atoms with van der Waals surface area (Å²) in [5.41, 5.74) is 3.14. The second-order valence-electron chi connectivity index (χ2n) is 3.42. The molecule has 0 N–H and O–H groups in total. The van der Waals surface area contributed by atoms with Crippen LogP contribution in [0.25, 0.3) is 11.3 Å². The number of nitrogens with zero attached hydrogens (tertiary/aromatic N) is 1. The smallest absolute Gasteiger partial charge is 0.0702 e. The fourth-order valence-electron chi connectivity index (χ4n) is 1.31. The summed E-state index contributed by atoms with van der Waals surface area (Å²) in [6, 6.07) is 9.09. The van der Waals surface area contributed by atoms with Gasteiger partial charge < -0.3 is 0 Å². The van der Waals surface area contributed by atoms with Crippen LogP contribution in [0.2, 0.25) is 0 Å². The van der Waals surface area contributed by atoms with Gasteiger partial charge in [0.15, 0.2) is 0 Å². The molecule has 0 saturated carbocycles. The molecule has 2 rings (SSSR count). The maximum Gasteiger partial charge on any atom is 0.0702 e. The van der Waals surface area contributed by atoms with E-state index in [1.54, 1.807) is 24.4 Å². The van der Waals surface area contributed by atoms with Crippen molar-refractivity contribution in [2.45, 2.75) is 13.8 Å². The van der Waals surface area contributed by atoms with E-state index in [0.29, 0.717) is 10.0 Å². The predicted octanol–water partition coefficient (Wildman–Crippen LogP) is 4.13. The molecular formula is C13H12BrN. The summed E-state index contributed by atoms with van der Waals surface area (Å²) in [7, 11) is 0. The summed E-state index contributed by atoms with van der Waals surface area (Å²) in [5.74, 6) is 0. The lowest BCUT2D eigenvalue weighted by atomic mass is 10.1. The molecule has 0 radical (unpaired) electrons. The van der Waals surface area contributed by atoms with Gasteiger partial charge in [0, 0.05) is 20.3 Å². The van der Waals surface area contributed by atoms with Gasteiger partial charge in [-0.3, -0.25) is 4.98 Å². The minimum Gasteiger partial charge on any atom is -0.256 e. The standard InChI is InChI=1S/C13H12BrN/c1-9-3-6-13(15-8-9)11-5-4-10(2)12(14)7-11/h3-8H,1-2H3/i2D3. The Labute approximate surface area is 103 Å². The van der Waals surface area contributed by atoms with Gasteiger partial charge in [-0.05, 0) is 37.0 Å². The highest BCUT2D eigenvalue weighted by Gasteiger charge is 2.01. The number of benzene rings is 1. The van der Waals surface area contributed by atoms with Crippen LogP contribution in [0.3, 0.4) is 0 Å². The zero-order chi connectivity index (χ0) is 13.3. The van der Waals surface area contributed by atoms with Crippen molar-refractivity contribution < 1.29 is 4.11 Å². The predicted molar refractivity (Wildman–Crippen MR) is 66.8 cm³/mol. The molecule has 76 valence electrons. The minimum atomic E-state index is -2.10. The molecule has 1 nitrogen and oxygen atoms in total. The van der Waals surface area contributed by atoms with Crippen molar-refractivity contribution in [1.29, 1.82) is 0 Å². The van der Waals surface area contributed by atoms with Crippen molar-refractivity contribution in [1.82, 2.24) is 4.98 Å². The van der Waals surface area contributed by atoms with Crippen molar-refractivity contribution in [2.75, 3.05) is 0 Å². The van der Waals surface area contributed by atoms with E-state index in [9.17, 15) is 0 Å². The molecule has 0 spiro atoms. The number of halogens is 1. The van der Waals surface area contributed by atoms with E-state index in [0.717, 1.165) is 16.8 Å². The average Bonchev–Trinajstić information content (AvgIpc) is 2.28. The molecule has 0 aliphatic heterocycles. The second kappa shape index (κ2) is 4.15. The molecule has 0 atom stereocenters. The molecule has 2 heteroatoms. The van der Waals surface area contributed by atoms with E-state index in [1.165, 1.54) is 0 Å². The molecule has 1 heterocycles. The van der Waals surface area contributed by atoms with Crippen LogP contribution < -0.4 is 0 Å². The molecule has 0 bridgehead atoms. The lowest BCUT2D eigenvalue weighted by Crippen LogP contribution is -1.85. The van der Waals surface area contributed by atoms with Gasteiger partial charge in [-0.2, -0.15) is 0 Å². The van der Waals surface area contributed by atoms with Crippen molar-refractivity contribution in [2.24, 2.45) is 0 Å². The highest BCUT2D eigenvalue weighted by Crippen LogP contribution is 2.24. The molecule has 0 unspecified atom stereocenters. The van der Waals surface area contributed by atoms with Crippen LogP contribution in [0.15, 0.2) is 41.0 Å². The normalized spacial score (nSPS) is 14.1. The quantitative estimate of drug-likeness (QED) is 0.755. The van der Waals surface area contributed by atoms with Crippen LogP contribution in [-0.4, -0.2) is 4.98 Å². The second-order valence-corrected chi connectivity index (χ2v) is 4.27. The van der Waals surface area contributed by atoms with Crippen LogP contribution in [0.5, 0.6) is 0 Å². The Balaban J connectivity index is 2.43. The lowest BCUT2D eigenvalue weighted by molar-refractivity contribution is 1.27. The summed E-state index contributed by atoms with van der Waals surface area (Å²) in [6.45, 7) is -0.123. The monoisotopic (exact) mass is 264 g/mol. The summed E-state index contributed by atoms with van der Waals surface area (Å²) in [5, 5.41) is 0. The van der Waals surface area contributed by atoms with Crippen LogP contribution in [0.4, 0.5) is 0 Å². The molecule has 0 amide bonds. The van der Waals surface area contributed by atoms with Gasteiger partial charge in [-0.15, -0.1) is 0 Å². The van der Waals surface area contributed by atoms with E-state index < -0.39 is 6.85 Å². The third kappa shape index (κ3) is 2.26. The SMILES string of the molecule is [2H]C([2H])([2H])c1ccc(-c2ccc(C)cn2)cc1Br. The number of aryl methyl sites for hydroxylation is 2. The maximum absolute atomic E-state index is 7.40. The number of hydrogen-bond donors (Lipinski definition) is 0. The molecular weight excluding hydrogens is 250 g/mol. The van der Waals surface area contributed by atoms with Gasteiger partial charge in [0.2, 0.25) is 0 Å². The van der Waals surface area contributed by atoms with Gasteiger partial charge in [0.05, 0.1) is 5.69 Å². The van der Waals surface area contributed by atoms with Gasteiger partial charge >= 0.3 is 0 Å². The van der Waals surface area contributed by atoms with Crippen molar-refractivity contribution in [3.8, 4) is 11.3 Å². The van der Waals surface area contributed by atoms with Crippen LogP contribution in [0, 0.1) is 13.8 Å². The molecule has 0 fully saturated rings. The van der Waals surface area contributed by atoms with Crippen molar-refractivity contribution in [3.05, 3.63) is 52.1 Å². The number of aromatic nitrogens is 1. The van der Waals surface area contributed by atoms with E-state index in [4.69, 9.17) is 4.11 Å². The van der Waals surface area contributed by atoms with Gasteiger partial charge in [-0.25, -0.2) is 0 Å². The minimum absolute atomic E-state index is 0.318. The number of hydrogen-bond acceptors (Lipinski definition) is 1. The molecule has 0 aliphatic carbocycles. The third-order valence-corrected chi connectivity index (χ3v) is 2.83. The van der Waals surface area contributed by atoms with Crippen LogP contribution in [-0.2, 0) is 0 Å². The summed E-state index contributed by atoms with van der Waals surface area (Å²) in [4.78, 5) is 4.32. The van der Waals surface area contributed by atoms with E-state index >= 15 is 0 Å². The van der Waals surface area contributed by atoms with Gasteiger partial charge in [-0.1, -0.05) is 34.1 Å². The largest absolute Gasteiger partial charge is 0.256 e. The first-order chi connectivity index (χ1) is 8.38. The zero-order valence-electron chi connectivity index (χ0n) is 11.3. The Bertz CT molecular complexity index is 561. The first-order valence-electron chi connectivity index (χ1n) is 6.11. The zero-order valence-corrected chi connectivity index (χ0v) is 9.88. The van der Waals surface area contributed by atoms with Gasteiger partial charge in [0.25, 0.3) is 0 Å². The van der Waals surface area contributed by atoms with Gasteiger partial charge in [0.1, 0.15) is 0 Å². The Kier molecular flexibility index (Phi) is 1.99. The molecule has 1 aromatic carbocycles. The fourth-order valence-corrected chi connectivity index (χ4v) is 1.69. The number of rotatable bonds is 1. The van der Waals surface area contributed by atoms with E-state index in [-0.39, 0.29) is 0 Å². The molecule has 0 saturated heterocycles. The molecule has 1 aromatic heterocycles. The van der Waals surface area contributed by atoms with Crippen LogP contribution >= 0.6 is 15.9 Å². The summed E-state index contributed by atoms with van der Waals surface area (Å²) >= 11 is 3.31. The number of pyridine rings is 1. The molecule has 2 aromatic rings. The lowest BCUT2D eigenvalue weighted by Gasteiger charge is -2.03. The average molecular weight is 265 g/mol. The Morgan fingerprint density at radius 3 is 2.73 bits per heavy atom.